The molecule has 2 aromatic rings. The molecule has 5 nitrogen and oxygen atoms in total. The highest BCUT2D eigenvalue weighted by atomic mass is 16.5. The molecule has 1 aromatic heterocycles. The van der Waals surface area contributed by atoms with Crippen molar-refractivity contribution >= 4 is 5.97 Å². The van der Waals surface area contributed by atoms with Crippen LogP contribution in [-0.4, -0.2) is 29.0 Å². The lowest BCUT2D eigenvalue weighted by molar-refractivity contribution is 0.0364. The number of fused-ring (bicyclic) bond motifs is 1. The van der Waals surface area contributed by atoms with Crippen molar-refractivity contribution in [3.8, 4) is 0 Å². The van der Waals surface area contributed by atoms with E-state index in [-0.39, 0.29) is 11.9 Å². The maximum Gasteiger partial charge on any atom is 0.358 e. The minimum absolute atomic E-state index is 0.0969. The molecule has 22 heavy (non-hydrogen) atoms. The van der Waals surface area contributed by atoms with E-state index in [9.17, 15) is 4.79 Å². The predicted octanol–water partition coefficient (Wildman–Crippen LogP) is 2.96. The Morgan fingerprint density at radius 3 is 3.00 bits per heavy atom. The topological polar surface area (TPSA) is 53.4 Å². The smallest absolute Gasteiger partial charge is 0.358 e. The maximum absolute atomic E-state index is 12.0. The summed E-state index contributed by atoms with van der Waals surface area (Å²) >= 11 is 0. The van der Waals surface area contributed by atoms with E-state index in [2.05, 4.69) is 24.2 Å². The fourth-order valence-corrected chi connectivity index (χ4v) is 2.59. The van der Waals surface area contributed by atoms with Crippen molar-refractivity contribution in [2.45, 2.75) is 32.4 Å². The lowest BCUT2D eigenvalue weighted by Gasteiger charge is -2.24. The van der Waals surface area contributed by atoms with E-state index in [1.165, 1.54) is 0 Å². The van der Waals surface area contributed by atoms with Gasteiger partial charge < -0.3 is 9.47 Å². The van der Waals surface area contributed by atoms with Gasteiger partial charge in [-0.15, -0.1) is 0 Å². The van der Waals surface area contributed by atoms with E-state index in [0.717, 1.165) is 24.1 Å². The molecule has 2 heterocycles. The summed E-state index contributed by atoms with van der Waals surface area (Å²) in [5.41, 5.74) is 2.52. The lowest BCUT2D eigenvalue weighted by Crippen LogP contribution is -2.23. The molecule has 0 saturated carbocycles. The molecule has 3 rings (SSSR count). The second kappa shape index (κ2) is 6.75. The van der Waals surface area contributed by atoms with Crippen molar-refractivity contribution in [2.75, 3.05) is 13.2 Å². The number of nitrogens with zero attached hydrogens (tertiary/aromatic N) is 2. The van der Waals surface area contributed by atoms with Gasteiger partial charge in [-0.3, -0.25) is 0 Å². The van der Waals surface area contributed by atoms with Crippen LogP contribution in [-0.2, 0) is 16.2 Å². The predicted molar refractivity (Wildman–Crippen MR) is 81.7 cm³/mol. The average molecular weight is 300 g/mol. The normalized spacial score (nSPS) is 17.0. The molecule has 5 heteroatoms. The SMILES string of the molecule is CCCCOC(=O)c1cc2n(n1)COCC2c1ccccc1. The van der Waals surface area contributed by atoms with Crippen LogP contribution in [0.4, 0.5) is 0 Å². The molecule has 0 N–H and O–H groups in total. The quantitative estimate of drug-likeness (QED) is 0.629. The number of hydrogen-bond donors (Lipinski definition) is 0. The Hall–Kier alpha value is -2.14. The molecule has 0 fully saturated rings. The minimum Gasteiger partial charge on any atom is -0.461 e. The fourth-order valence-electron chi connectivity index (χ4n) is 2.59. The molecule has 1 unspecified atom stereocenters. The number of unbranched alkanes of at least 4 members (excludes halogenated alkanes) is 1. The second-order valence-electron chi connectivity index (χ2n) is 5.41. The molecule has 0 spiro atoms. The van der Waals surface area contributed by atoms with Gasteiger partial charge in [-0.1, -0.05) is 43.7 Å². The van der Waals surface area contributed by atoms with Crippen LogP contribution in [0, 0.1) is 0 Å². The van der Waals surface area contributed by atoms with Crippen LogP contribution in [0.25, 0.3) is 0 Å². The molecule has 0 amide bonds. The molecule has 0 saturated heterocycles. The number of aromatic nitrogens is 2. The van der Waals surface area contributed by atoms with Crippen LogP contribution in [0.3, 0.4) is 0 Å². The first kappa shape index (κ1) is 14.8. The number of rotatable bonds is 5. The first-order valence-electron chi connectivity index (χ1n) is 7.67. The summed E-state index contributed by atoms with van der Waals surface area (Å²) in [7, 11) is 0. The van der Waals surface area contributed by atoms with Crippen LogP contribution in [0.2, 0.25) is 0 Å². The third-order valence-electron chi connectivity index (χ3n) is 3.81. The van der Waals surface area contributed by atoms with Crippen LogP contribution in [0.1, 0.15) is 47.4 Å². The Bertz CT molecular complexity index is 637. The average Bonchev–Trinajstić information content (AvgIpc) is 3.00. The van der Waals surface area contributed by atoms with Crippen molar-refractivity contribution in [2.24, 2.45) is 0 Å². The summed E-state index contributed by atoms with van der Waals surface area (Å²) in [6.45, 7) is 3.47. The van der Waals surface area contributed by atoms with Crippen molar-refractivity contribution in [3.63, 3.8) is 0 Å². The number of hydrogen-bond acceptors (Lipinski definition) is 4. The van der Waals surface area contributed by atoms with Gasteiger partial charge in [0.2, 0.25) is 0 Å². The summed E-state index contributed by atoms with van der Waals surface area (Å²) in [5, 5.41) is 4.32. The number of ether oxygens (including phenoxy) is 2. The van der Waals surface area contributed by atoms with Gasteiger partial charge in [0.05, 0.1) is 18.9 Å². The van der Waals surface area contributed by atoms with E-state index in [4.69, 9.17) is 9.47 Å². The van der Waals surface area contributed by atoms with Gasteiger partial charge in [0.1, 0.15) is 6.73 Å². The van der Waals surface area contributed by atoms with Crippen molar-refractivity contribution in [3.05, 3.63) is 53.3 Å². The minimum atomic E-state index is -0.359. The Kier molecular flexibility index (Phi) is 4.53. The Balaban J connectivity index is 1.81. The molecule has 1 aromatic carbocycles. The van der Waals surface area contributed by atoms with Crippen molar-refractivity contribution in [1.82, 2.24) is 9.78 Å². The Morgan fingerprint density at radius 2 is 2.23 bits per heavy atom. The zero-order valence-electron chi connectivity index (χ0n) is 12.7. The molecule has 1 atom stereocenters. The van der Waals surface area contributed by atoms with E-state index in [0.29, 0.717) is 25.6 Å². The van der Waals surface area contributed by atoms with Gasteiger partial charge in [0, 0.05) is 5.92 Å². The van der Waals surface area contributed by atoms with Crippen molar-refractivity contribution in [1.29, 1.82) is 0 Å². The summed E-state index contributed by atoms with van der Waals surface area (Å²) in [6, 6.07) is 12.0. The van der Waals surface area contributed by atoms with Gasteiger partial charge in [0.25, 0.3) is 0 Å². The van der Waals surface area contributed by atoms with Crippen LogP contribution in [0.15, 0.2) is 36.4 Å². The molecular weight excluding hydrogens is 280 g/mol. The highest BCUT2D eigenvalue weighted by molar-refractivity contribution is 5.87. The highest BCUT2D eigenvalue weighted by Gasteiger charge is 2.26. The number of esters is 1. The fraction of sp³-hybridized carbons (Fsp3) is 0.412. The zero-order chi connectivity index (χ0) is 15.4. The Morgan fingerprint density at radius 1 is 1.41 bits per heavy atom. The van der Waals surface area contributed by atoms with Gasteiger partial charge >= 0.3 is 5.97 Å². The number of carbonyl (C=O) groups is 1. The molecule has 0 radical (unpaired) electrons. The Labute approximate surface area is 129 Å². The van der Waals surface area contributed by atoms with Gasteiger partial charge in [-0.2, -0.15) is 5.10 Å². The number of benzene rings is 1. The van der Waals surface area contributed by atoms with Gasteiger partial charge in [-0.25, -0.2) is 9.48 Å². The van der Waals surface area contributed by atoms with Gasteiger partial charge in [-0.05, 0) is 18.1 Å². The second-order valence-corrected chi connectivity index (χ2v) is 5.41. The standard InChI is InChI=1S/C17H20N2O3/c1-2-3-9-22-17(20)15-10-16-14(11-21-12-19(16)18-15)13-7-5-4-6-8-13/h4-8,10,14H,2-3,9,11-12H2,1H3. The first-order valence-corrected chi connectivity index (χ1v) is 7.67. The molecular formula is C17H20N2O3. The molecule has 1 aliphatic rings. The maximum atomic E-state index is 12.0. The van der Waals surface area contributed by atoms with E-state index in [1.807, 2.05) is 24.3 Å². The van der Waals surface area contributed by atoms with Gasteiger partial charge in [0.15, 0.2) is 5.69 Å². The lowest BCUT2D eigenvalue weighted by atomic mass is 9.95. The van der Waals surface area contributed by atoms with Crippen LogP contribution in [0.5, 0.6) is 0 Å². The summed E-state index contributed by atoms with van der Waals surface area (Å²) in [4.78, 5) is 12.0. The summed E-state index contributed by atoms with van der Waals surface area (Å²) in [6.07, 6.45) is 1.87. The summed E-state index contributed by atoms with van der Waals surface area (Å²) in [5.74, 6) is -0.262. The zero-order valence-corrected chi connectivity index (χ0v) is 12.7. The number of carbonyl (C=O) groups excluding carboxylic acids is 1. The molecule has 0 bridgehead atoms. The molecule has 0 aliphatic carbocycles. The summed E-state index contributed by atoms with van der Waals surface area (Å²) < 4.78 is 12.6. The monoisotopic (exact) mass is 300 g/mol. The largest absolute Gasteiger partial charge is 0.461 e. The van der Waals surface area contributed by atoms with E-state index in [1.54, 1.807) is 4.68 Å². The van der Waals surface area contributed by atoms with E-state index < -0.39 is 0 Å². The van der Waals surface area contributed by atoms with Crippen LogP contribution < -0.4 is 0 Å². The molecule has 1 aliphatic heterocycles. The third kappa shape index (κ3) is 3.04. The third-order valence-corrected chi connectivity index (χ3v) is 3.81. The van der Waals surface area contributed by atoms with Crippen molar-refractivity contribution < 1.29 is 14.3 Å². The van der Waals surface area contributed by atoms with Crippen LogP contribution >= 0.6 is 0 Å². The highest BCUT2D eigenvalue weighted by Crippen LogP contribution is 2.29. The first-order chi connectivity index (χ1) is 10.8. The van der Waals surface area contributed by atoms with E-state index >= 15 is 0 Å². The molecule has 116 valence electrons.